The van der Waals surface area contributed by atoms with Crippen LogP contribution in [0.1, 0.15) is 23.9 Å². The first-order valence-electron chi connectivity index (χ1n) is 9.23. The monoisotopic (exact) mass is 397 g/mol. The summed E-state index contributed by atoms with van der Waals surface area (Å²) >= 11 is 5.82. The molecule has 0 spiro atoms. The van der Waals surface area contributed by atoms with Gasteiger partial charge in [-0.1, -0.05) is 23.7 Å². The second kappa shape index (κ2) is 9.85. The molecule has 8 heteroatoms. The maximum atomic E-state index is 5.82. The van der Waals surface area contributed by atoms with Gasteiger partial charge in [-0.25, -0.2) is 19.9 Å². The van der Waals surface area contributed by atoms with E-state index in [4.69, 9.17) is 11.6 Å². The minimum Gasteiger partial charge on any atom is -0.357 e. The molecular formula is C20H24ClN7. The predicted octanol–water partition coefficient (Wildman–Crippen LogP) is 2.92. The van der Waals surface area contributed by atoms with Gasteiger partial charge in [0.15, 0.2) is 5.96 Å². The largest absolute Gasteiger partial charge is 0.357 e. The predicted molar refractivity (Wildman–Crippen MR) is 112 cm³/mol. The van der Waals surface area contributed by atoms with Gasteiger partial charge in [0, 0.05) is 37.9 Å². The Balaban J connectivity index is 1.56. The molecule has 3 aromatic heterocycles. The number of hydrogen-bond acceptors (Lipinski definition) is 4. The fourth-order valence-electron chi connectivity index (χ4n) is 2.66. The van der Waals surface area contributed by atoms with Crippen LogP contribution in [0.5, 0.6) is 0 Å². The molecular weight excluding hydrogens is 374 g/mol. The summed E-state index contributed by atoms with van der Waals surface area (Å²) in [5.74, 6) is 2.54. The third kappa shape index (κ3) is 5.53. The van der Waals surface area contributed by atoms with Gasteiger partial charge in [-0.15, -0.1) is 0 Å². The maximum Gasteiger partial charge on any atom is 0.191 e. The number of imidazole rings is 1. The molecule has 0 saturated heterocycles. The van der Waals surface area contributed by atoms with E-state index in [9.17, 15) is 0 Å². The van der Waals surface area contributed by atoms with Crippen molar-refractivity contribution in [2.24, 2.45) is 4.99 Å². The van der Waals surface area contributed by atoms with Gasteiger partial charge in [0.05, 0.1) is 6.54 Å². The smallest absolute Gasteiger partial charge is 0.191 e. The van der Waals surface area contributed by atoms with Crippen molar-refractivity contribution in [3.63, 3.8) is 0 Å². The summed E-state index contributed by atoms with van der Waals surface area (Å²) in [6.07, 6.45) is 8.15. The summed E-state index contributed by atoms with van der Waals surface area (Å²) in [5.41, 5.74) is 2.17. The minimum atomic E-state index is 0.509. The highest BCUT2D eigenvalue weighted by Gasteiger charge is 2.03. The second-order valence-corrected chi connectivity index (χ2v) is 6.62. The highest BCUT2D eigenvalue weighted by Crippen LogP contribution is 2.09. The fourth-order valence-corrected chi connectivity index (χ4v) is 2.78. The van der Waals surface area contributed by atoms with E-state index in [0.717, 1.165) is 48.2 Å². The number of nitrogens with one attached hydrogen (secondary N) is 2. The molecule has 3 rings (SSSR count). The Labute approximate surface area is 169 Å². The highest BCUT2D eigenvalue weighted by molar-refractivity contribution is 6.29. The van der Waals surface area contributed by atoms with Crippen molar-refractivity contribution in [2.75, 3.05) is 13.1 Å². The topological polar surface area (TPSA) is 80.0 Å². The number of hydrogen-bond donors (Lipinski definition) is 2. The fraction of sp³-hybridized carbons (Fsp3) is 0.300. The Hall–Kier alpha value is -2.93. The van der Waals surface area contributed by atoms with E-state index in [0.29, 0.717) is 11.7 Å². The number of aryl methyl sites for hydroxylation is 1. The molecule has 0 aliphatic heterocycles. The van der Waals surface area contributed by atoms with Crippen LogP contribution in [0, 0.1) is 6.92 Å². The molecule has 2 N–H and O–H groups in total. The van der Waals surface area contributed by atoms with E-state index in [2.05, 4.69) is 30.6 Å². The molecule has 0 aliphatic carbocycles. The third-order valence-corrected chi connectivity index (χ3v) is 4.36. The average Bonchev–Trinajstić information content (AvgIpc) is 3.14. The van der Waals surface area contributed by atoms with Crippen LogP contribution in [-0.4, -0.2) is 38.6 Å². The standard InChI is InChI=1S/C20H24ClN7/c1-3-22-20(24-9-8-16-4-6-18(21)25-12-16)27-14-17-5-7-19(26-13-17)28-11-10-23-15(28)2/h4-7,10-13H,3,8-9,14H2,1-2H3,(H2,22,24,27). The van der Waals surface area contributed by atoms with Crippen molar-refractivity contribution < 1.29 is 0 Å². The van der Waals surface area contributed by atoms with Gasteiger partial charge in [-0.3, -0.25) is 4.57 Å². The number of nitrogens with zero attached hydrogens (tertiary/aromatic N) is 5. The average molecular weight is 398 g/mol. The van der Waals surface area contributed by atoms with Gasteiger partial charge in [-0.2, -0.15) is 0 Å². The van der Waals surface area contributed by atoms with Gasteiger partial charge in [-0.05, 0) is 43.5 Å². The number of rotatable bonds is 7. The zero-order chi connectivity index (χ0) is 19.8. The minimum absolute atomic E-state index is 0.509. The number of pyridine rings is 2. The maximum absolute atomic E-state index is 5.82. The van der Waals surface area contributed by atoms with Crippen molar-refractivity contribution in [1.29, 1.82) is 0 Å². The first-order chi connectivity index (χ1) is 13.7. The van der Waals surface area contributed by atoms with E-state index in [-0.39, 0.29) is 0 Å². The van der Waals surface area contributed by atoms with Gasteiger partial charge < -0.3 is 10.6 Å². The molecule has 3 aromatic rings. The molecule has 146 valence electrons. The lowest BCUT2D eigenvalue weighted by atomic mass is 10.2. The van der Waals surface area contributed by atoms with Crippen molar-refractivity contribution in [1.82, 2.24) is 30.2 Å². The zero-order valence-corrected chi connectivity index (χ0v) is 16.8. The molecule has 0 aliphatic rings. The molecule has 0 aromatic carbocycles. The quantitative estimate of drug-likeness (QED) is 0.364. The summed E-state index contributed by atoms with van der Waals surface area (Å²) in [4.78, 5) is 17.5. The van der Waals surface area contributed by atoms with E-state index >= 15 is 0 Å². The Kier molecular flexibility index (Phi) is 6.97. The van der Waals surface area contributed by atoms with Crippen LogP contribution in [0.2, 0.25) is 5.15 Å². The zero-order valence-electron chi connectivity index (χ0n) is 16.1. The van der Waals surface area contributed by atoms with Crippen LogP contribution in [-0.2, 0) is 13.0 Å². The summed E-state index contributed by atoms with van der Waals surface area (Å²) in [7, 11) is 0. The summed E-state index contributed by atoms with van der Waals surface area (Å²) in [5, 5.41) is 7.11. The lowest BCUT2D eigenvalue weighted by molar-refractivity contribution is 0.797. The number of aromatic nitrogens is 4. The first kappa shape index (κ1) is 19.8. The van der Waals surface area contributed by atoms with Crippen LogP contribution < -0.4 is 10.6 Å². The summed E-state index contributed by atoms with van der Waals surface area (Å²) in [6, 6.07) is 7.80. The van der Waals surface area contributed by atoms with E-state index < -0.39 is 0 Å². The lowest BCUT2D eigenvalue weighted by Crippen LogP contribution is -2.38. The second-order valence-electron chi connectivity index (χ2n) is 6.23. The van der Waals surface area contributed by atoms with E-state index in [1.54, 1.807) is 18.5 Å². The van der Waals surface area contributed by atoms with E-state index in [1.165, 1.54) is 0 Å². The molecule has 0 bridgehead atoms. The molecule has 0 amide bonds. The van der Waals surface area contributed by atoms with E-state index in [1.807, 2.05) is 49.0 Å². The van der Waals surface area contributed by atoms with Crippen LogP contribution in [0.4, 0.5) is 0 Å². The summed E-state index contributed by atoms with van der Waals surface area (Å²) < 4.78 is 1.95. The third-order valence-electron chi connectivity index (χ3n) is 4.14. The number of guanidine groups is 1. The van der Waals surface area contributed by atoms with Crippen molar-refractivity contribution in [3.05, 3.63) is 71.2 Å². The molecule has 0 saturated carbocycles. The van der Waals surface area contributed by atoms with Crippen molar-refractivity contribution in [3.8, 4) is 5.82 Å². The molecule has 7 nitrogen and oxygen atoms in total. The van der Waals surface area contributed by atoms with Crippen molar-refractivity contribution in [2.45, 2.75) is 26.8 Å². The molecule has 3 heterocycles. The molecule has 0 radical (unpaired) electrons. The van der Waals surface area contributed by atoms with Crippen LogP contribution >= 0.6 is 11.6 Å². The SMILES string of the molecule is CCNC(=NCc1ccc(-n2ccnc2C)nc1)NCCc1ccc(Cl)nc1. The molecule has 0 unspecified atom stereocenters. The number of halogens is 1. The van der Waals surface area contributed by atoms with Gasteiger partial charge >= 0.3 is 0 Å². The number of aliphatic imine (C=N–C) groups is 1. The normalized spacial score (nSPS) is 11.5. The van der Waals surface area contributed by atoms with Crippen LogP contribution in [0.15, 0.2) is 54.0 Å². The van der Waals surface area contributed by atoms with Crippen LogP contribution in [0.3, 0.4) is 0 Å². The van der Waals surface area contributed by atoms with Gasteiger partial charge in [0.25, 0.3) is 0 Å². The Morgan fingerprint density at radius 3 is 2.54 bits per heavy atom. The highest BCUT2D eigenvalue weighted by atomic mass is 35.5. The lowest BCUT2D eigenvalue weighted by Gasteiger charge is -2.11. The Morgan fingerprint density at radius 1 is 1.07 bits per heavy atom. The summed E-state index contributed by atoms with van der Waals surface area (Å²) in [6.45, 7) is 6.10. The molecule has 0 fully saturated rings. The molecule has 0 atom stereocenters. The Bertz CT molecular complexity index is 901. The molecule has 28 heavy (non-hydrogen) atoms. The Morgan fingerprint density at radius 2 is 1.89 bits per heavy atom. The van der Waals surface area contributed by atoms with Crippen molar-refractivity contribution >= 4 is 17.6 Å². The first-order valence-corrected chi connectivity index (χ1v) is 9.61. The van der Waals surface area contributed by atoms with Gasteiger partial charge in [0.1, 0.15) is 16.8 Å². The van der Waals surface area contributed by atoms with Crippen LogP contribution in [0.25, 0.3) is 5.82 Å². The van der Waals surface area contributed by atoms with Gasteiger partial charge in [0.2, 0.25) is 0 Å².